The van der Waals surface area contributed by atoms with E-state index < -0.39 is 22.4 Å². The Kier molecular flexibility index (Phi) is 4.55. The summed E-state index contributed by atoms with van der Waals surface area (Å²) >= 11 is 7.36. The zero-order valence-electron chi connectivity index (χ0n) is 14.6. The van der Waals surface area contributed by atoms with E-state index in [1.54, 1.807) is 0 Å². The van der Waals surface area contributed by atoms with E-state index in [9.17, 15) is 18.8 Å². The number of thioether (sulfide) groups is 1. The van der Waals surface area contributed by atoms with Gasteiger partial charge in [0.2, 0.25) is 0 Å². The Balaban J connectivity index is 1.69. The summed E-state index contributed by atoms with van der Waals surface area (Å²) in [6.07, 6.45) is 4.03. The molecule has 0 unspecified atom stereocenters. The molecular weight excluding hydrogens is 393 g/mol. The van der Waals surface area contributed by atoms with E-state index in [1.165, 1.54) is 24.9 Å². The SMILES string of the molecule is COC(=O)C1(Sc2cc(N3C(=O)C4=C(CCCC4)C3=O)c(F)cc2Cl)CC1. The molecule has 0 N–H and O–H groups in total. The molecule has 0 radical (unpaired) electrons. The van der Waals surface area contributed by atoms with Crippen molar-refractivity contribution in [1.82, 2.24) is 0 Å². The third kappa shape index (κ3) is 2.97. The van der Waals surface area contributed by atoms with E-state index in [4.69, 9.17) is 16.3 Å². The average Bonchev–Trinajstić information content (AvgIpc) is 3.40. The first-order valence-corrected chi connectivity index (χ1v) is 9.95. The number of halogens is 2. The molecule has 142 valence electrons. The first-order chi connectivity index (χ1) is 12.9. The van der Waals surface area contributed by atoms with Crippen LogP contribution in [0.15, 0.2) is 28.2 Å². The Bertz CT molecular complexity index is 881. The highest BCUT2D eigenvalue weighted by molar-refractivity contribution is 8.01. The van der Waals surface area contributed by atoms with Gasteiger partial charge >= 0.3 is 5.97 Å². The first kappa shape index (κ1) is 18.5. The molecular formula is C19H17ClFNO4S. The number of imide groups is 1. The largest absolute Gasteiger partial charge is 0.468 e. The van der Waals surface area contributed by atoms with Crippen LogP contribution in [0.5, 0.6) is 0 Å². The third-order valence-electron chi connectivity index (χ3n) is 5.20. The Morgan fingerprint density at radius 2 is 1.78 bits per heavy atom. The zero-order valence-corrected chi connectivity index (χ0v) is 16.2. The summed E-state index contributed by atoms with van der Waals surface area (Å²) in [5.74, 6) is -2.02. The first-order valence-electron chi connectivity index (χ1n) is 8.75. The number of methoxy groups -OCH3 is 1. The average molecular weight is 410 g/mol. The molecule has 5 nitrogen and oxygen atoms in total. The monoisotopic (exact) mass is 409 g/mol. The fourth-order valence-electron chi connectivity index (χ4n) is 3.58. The van der Waals surface area contributed by atoms with Gasteiger partial charge in [-0.25, -0.2) is 9.29 Å². The quantitative estimate of drug-likeness (QED) is 0.555. The number of benzene rings is 1. The molecule has 1 aromatic carbocycles. The van der Waals surface area contributed by atoms with E-state index in [1.807, 2.05) is 0 Å². The molecule has 8 heteroatoms. The molecule has 2 aliphatic carbocycles. The lowest BCUT2D eigenvalue weighted by Gasteiger charge is -2.19. The molecule has 0 atom stereocenters. The molecule has 2 amide bonds. The number of ether oxygens (including phenoxy) is 1. The summed E-state index contributed by atoms with van der Waals surface area (Å²) < 4.78 is 18.7. The van der Waals surface area contributed by atoms with Gasteiger partial charge in [0.25, 0.3) is 11.8 Å². The molecule has 1 saturated carbocycles. The number of hydrogen-bond acceptors (Lipinski definition) is 5. The fraction of sp³-hybridized carbons (Fsp3) is 0.421. The van der Waals surface area contributed by atoms with Crippen molar-refractivity contribution in [3.8, 4) is 0 Å². The predicted molar refractivity (Wildman–Crippen MR) is 99.2 cm³/mol. The van der Waals surface area contributed by atoms with Crippen LogP contribution < -0.4 is 4.90 Å². The lowest BCUT2D eigenvalue weighted by molar-refractivity contribution is -0.140. The molecule has 1 aliphatic heterocycles. The van der Waals surface area contributed by atoms with Crippen molar-refractivity contribution in [3.05, 3.63) is 34.1 Å². The lowest BCUT2D eigenvalue weighted by Crippen LogP contribution is -2.32. The number of carbonyl (C=O) groups excluding carboxylic acids is 3. The van der Waals surface area contributed by atoms with Crippen LogP contribution >= 0.6 is 23.4 Å². The third-order valence-corrected chi connectivity index (χ3v) is 7.15. The van der Waals surface area contributed by atoms with Crippen molar-refractivity contribution in [3.63, 3.8) is 0 Å². The van der Waals surface area contributed by atoms with Crippen LogP contribution in [-0.4, -0.2) is 29.6 Å². The van der Waals surface area contributed by atoms with Gasteiger partial charge in [-0.15, -0.1) is 11.8 Å². The van der Waals surface area contributed by atoms with Crippen LogP contribution in [0.4, 0.5) is 10.1 Å². The number of esters is 1. The Hall–Kier alpha value is -1.86. The summed E-state index contributed by atoms with van der Waals surface area (Å²) in [6, 6.07) is 2.48. The van der Waals surface area contributed by atoms with Crippen molar-refractivity contribution in [1.29, 1.82) is 0 Å². The highest BCUT2D eigenvalue weighted by atomic mass is 35.5. The maximum absolute atomic E-state index is 14.6. The van der Waals surface area contributed by atoms with Crippen LogP contribution in [0.2, 0.25) is 5.02 Å². The van der Waals surface area contributed by atoms with Crippen LogP contribution in [0, 0.1) is 5.82 Å². The number of nitrogens with zero attached hydrogens (tertiary/aromatic N) is 1. The second-order valence-corrected chi connectivity index (χ2v) is 8.76. The van der Waals surface area contributed by atoms with Gasteiger partial charge in [-0.05, 0) is 50.7 Å². The van der Waals surface area contributed by atoms with Gasteiger partial charge in [0.1, 0.15) is 10.6 Å². The Morgan fingerprint density at radius 1 is 1.19 bits per heavy atom. The number of rotatable bonds is 4. The van der Waals surface area contributed by atoms with Crippen LogP contribution in [-0.2, 0) is 19.1 Å². The molecule has 3 aliphatic rings. The van der Waals surface area contributed by atoms with Gasteiger partial charge in [0.05, 0.1) is 17.8 Å². The van der Waals surface area contributed by atoms with E-state index in [2.05, 4.69) is 0 Å². The second kappa shape index (κ2) is 6.63. The van der Waals surface area contributed by atoms with Crippen LogP contribution in [0.3, 0.4) is 0 Å². The normalized spacial score (nSPS) is 20.8. The van der Waals surface area contributed by atoms with Gasteiger partial charge in [-0.2, -0.15) is 0 Å². The van der Waals surface area contributed by atoms with Crippen molar-refractivity contribution < 1.29 is 23.5 Å². The Morgan fingerprint density at radius 3 is 2.30 bits per heavy atom. The minimum absolute atomic E-state index is 0.119. The lowest BCUT2D eigenvalue weighted by atomic mass is 9.93. The molecule has 0 saturated heterocycles. The maximum Gasteiger partial charge on any atom is 0.322 e. The van der Waals surface area contributed by atoms with Crippen LogP contribution in [0.1, 0.15) is 38.5 Å². The van der Waals surface area contributed by atoms with E-state index in [0.717, 1.165) is 23.8 Å². The molecule has 1 fully saturated rings. The summed E-state index contributed by atoms with van der Waals surface area (Å²) in [7, 11) is 1.32. The number of amides is 2. The molecule has 1 heterocycles. The van der Waals surface area contributed by atoms with Gasteiger partial charge in [0.15, 0.2) is 0 Å². The summed E-state index contributed by atoms with van der Waals surface area (Å²) in [5, 5.41) is 0.133. The number of carbonyl (C=O) groups is 3. The fourth-order valence-corrected chi connectivity index (χ4v) is 5.07. The number of hydrogen-bond donors (Lipinski definition) is 0. The van der Waals surface area contributed by atoms with Crippen molar-refractivity contribution in [2.45, 2.75) is 48.2 Å². The highest BCUT2D eigenvalue weighted by Gasteiger charge is 2.52. The van der Waals surface area contributed by atoms with Gasteiger partial charge in [-0.1, -0.05) is 11.6 Å². The Labute approximate surface area is 164 Å². The minimum Gasteiger partial charge on any atom is -0.468 e. The summed E-state index contributed by atoms with van der Waals surface area (Å²) in [4.78, 5) is 38.8. The zero-order chi connectivity index (χ0) is 19.3. The maximum atomic E-state index is 14.6. The standard InChI is InChI=1S/C19H17ClFNO4S/c1-26-18(25)19(6-7-19)27-15-9-14(13(21)8-12(15)20)22-16(23)10-4-2-3-5-11(10)17(22)24/h8-9H,2-7H2,1H3. The van der Waals surface area contributed by atoms with E-state index >= 15 is 0 Å². The molecule has 27 heavy (non-hydrogen) atoms. The van der Waals surface area contributed by atoms with Gasteiger partial charge in [-0.3, -0.25) is 14.4 Å². The van der Waals surface area contributed by atoms with E-state index in [0.29, 0.717) is 41.7 Å². The van der Waals surface area contributed by atoms with Crippen LogP contribution in [0.25, 0.3) is 0 Å². The van der Waals surface area contributed by atoms with E-state index in [-0.39, 0.29) is 16.7 Å². The highest BCUT2D eigenvalue weighted by Crippen LogP contribution is 2.54. The molecule has 1 aromatic rings. The molecule has 0 spiro atoms. The topological polar surface area (TPSA) is 63.7 Å². The predicted octanol–water partition coefficient (Wildman–Crippen LogP) is 4.02. The number of anilines is 1. The van der Waals surface area contributed by atoms with Crippen molar-refractivity contribution in [2.75, 3.05) is 12.0 Å². The second-order valence-electron chi connectivity index (χ2n) is 6.93. The molecule has 4 rings (SSSR count). The van der Waals surface area contributed by atoms with Gasteiger partial charge < -0.3 is 4.74 Å². The van der Waals surface area contributed by atoms with Crippen molar-refractivity contribution in [2.24, 2.45) is 0 Å². The minimum atomic E-state index is -0.742. The molecule has 0 aromatic heterocycles. The van der Waals surface area contributed by atoms with Gasteiger partial charge in [0, 0.05) is 16.0 Å². The smallest absolute Gasteiger partial charge is 0.322 e. The van der Waals surface area contributed by atoms with Crippen molar-refractivity contribution >= 4 is 46.8 Å². The molecule has 0 bridgehead atoms. The summed E-state index contributed by atoms with van der Waals surface area (Å²) in [5.41, 5.74) is 0.859. The summed E-state index contributed by atoms with van der Waals surface area (Å²) in [6.45, 7) is 0.